The van der Waals surface area contributed by atoms with Gasteiger partial charge in [0.1, 0.15) is 0 Å². The smallest absolute Gasteiger partial charge is 0.256 e. The molecule has 0 unspecified atom stereocenters. The molecule has 4 heteroatoms. The molecule has 2 aromatic rings. The third-order valence-electron chi connectivity index (χ3n) is 2.90. The number of benzene rings is 2. The zero-order chi connectivity index (χ0) is 14.0. The quantitative estimate of drug-likeness (QED) is 0.825. The minimum atomic E-state index is -0.143. The number of halogens is 1. The number of rotatable bonds is 2. The molecule has 3 N–H and O–H groups in total. The number of amides is 1. The molecule has 0 fully saturated rings. The zero-order valence-electron chi connectivity index (χ0n) is 10.8. The van der Waals surface area contributed by atoms with Crippen LogP contribution in [-0.4, -0.2) is 5.91 Å². The summed E-state index contributed by atoms with van der Waals surface area (Å²) in [4.78, 5) is 12.2. The van der Waals surface area contributed by atoms with Crippen LogP contribution in [0.25, 0.3) is 0 Å². The average molecular weight is 319 g/mol. The Morgan fingerprint density at radius 1 is 1.16 bits per heavy atom. The van der Waals surface area contributed by atoms with Crippen molar-refractivity contribution in [1.29, 1.82) is 0 Å². The van der Waals surface area contributed by atoms with Crippen molar-refractivity contribution in [3.8, 4) is 0 Å². The zero-order valence-corrected chi connectivity index (χ0v) is 12.4. The van der Waals surface area contributed by atoms with Gasteiger partial charge in [-0.05, 0) is 71.2 Å². The molecule has 0 aliphatic heterocycles. The van der Waals surface area contributed by atoms with Crippen LogP contribution >= 0.6 is 15.9 Å². The summed E-state index contributed by atoms with van der Waals surface area (Å²) in [7, 11) is 0. The Morgan fingerprint density at radius 3 is 2.53 bits per heavy atom. The second kappa shape index (κ2) is 5.45. The highest BCUT2D eigenvalue weighted by atomic mass is 79.9. The molecular formula is C15H15BrN2O. The van der Waals surface area contributed by atoms with Crippen molar-refractivity contribution in [2.45, 2.75) is 13.8 Å². The van der Waals surface area contributed by atoms with Gasteiger partial charge >= 0.3 is 0 Å². The highest BCUT2D eigenvalue weighted by Crippen LogP contribution is 2.21. The van der Waals surface area contributed by atoms with E-state index in [9.17, 15) is 4.79 Å². The van der Waals surface area contributed by atoms with Gasteiger partial charge in [-0.25, -0.2) is 0 Å². The molecule has 0 heterocycles. The SMILES string of the molecule is Cc1ccc(C(=O)Nc2ccc(N)c(C)c2)c(Br)c1. The fourth-order valence-corrected chi connectivity index (χ4v) is 2.43. The standard InChI is InChI=1S/C15H15BrN2O/c1-9-3-5-12(13(16)7-9)15(19)18-11-4-6-14(17)10(2)8-11/h3-8H,17H2,1-2H3,(H,18,19). The van der Waals surface area contributed by atoms with Crippen molar-refractivity contribution >= 4 is 33.2 Å². The molecule has 0 atom stereocenters. The van der Waals surface area contributed by atoms with E-state index in [0.29, 0.717) is 5.56 Å². The molecule has 0 saturated heterocycles. The largest absolute Gasteiger partial charge is 0.399 e. The molecule has 1 amide bonds. The number of nitrogen functional groups attached to an aromatic ring is 1. The number of hydrogen-bond donors (Lipinski definition) is 2. The van der Waals surface area contributed by atoms with Crippen LogP contribution in [0, 0.1) is 13.8 Å². The van der Waals surface area contributed by atoms with E-state index in [0.717, 1.165) is 27.0 Å². The average Bonchev–Trinajstić information content (AvgIpc) is 2.33. The minimum Gasteiger partial charge on any atom is -0.399 e. The van der Waals surface area contributed by atoms with Gasteiger partial charge in [-0.15, -0.1) is 0 Å². The second-order valence-corrected chi connectivity index (χ2v) is 5.36. The van der Waals surface area contributed by atoms with Crippen molar-refractivity contribution in [3.63, 3.8) is 0 Å². The van der Waals surface area contributed by atoms with E-state index in [1.807, 2.05) is 32.0 Å². The summed E-state index contributed by atoms with van der Waals surface area (Å²) >= 11 is 3.41. The maximum atomic E-state index is 12.2. The molecule has 19 heavy (non-hydrogen) atoms. The van der Waals surface area contributed by atoms with Crippen LogP contribution in [-0.2, 0) is 0 Å². The van der Waals surface area contributed by atoms with E-state index in [2.05, 4.69) is 21.2 Å². The molecule has 0 aromatic heterocycles. The number of hydrogen-bond acceptors (Lipinski definition) is 2. The monoisotopic (exact) mass is 318 g/mol. The third-order valence-corrected chi connectivity index (χ3v) is 3.55. The van der Waals surface area contributed by atoms with Gasteiger partial charge < -0.3 is 11.1 Å². The number of carbonyl (C=O) groups excluding carboxylic acids is 1. The molecule has 0 aliphatic rings. The predicted molar refractivity (Wildman–Crippen MR) is 82.4 cm³/mol. The fourth-order valence-electron chi connectivity index (χ4n) is 1.76. The minimum absolute atomic E-state index is 0.143. The molecule has 0 saturated carbocycles. The van der Waals surface area contributed by atoms with E-state index < -0.39 is 0 Å². The summed E-state index contributed by atoms with van der Waals surface area (Å²) in [5, 5.41) is 2.86. The van der Waals surface area contributed by atoms with Crippen LogP contribution < -0.4 is 11.1 Å². The van der Waals surface area contributed by atoms with Crippen LogP contribution in [0.3, 0.4) is 0 Å². The Balaban J connectivity index is 2.23. The second-order valence-electron chi connectivity index (χ2n) is 4.51. The summed E-state index contributed by atoms with van der Waals surface area (Å²) in [6, 6.07) is 11.1. The first-order chi connectivity index (χ1) is 8.97. The summed E-state index contributed by atoms with van der Waals surface area (Å²) in [6.07, 6.45) is 0. The number of carbonyl (C=O) groups is 1. The normalized spacial score (nSPS) is 10.3. The summed E-state index contributed by atoms with van der Waals surface area (Å²) in [5.41, 5.74) is 9.87. The highest BCUT2D eigenvalue weighted by molar-refractivity contribution is 9.10. The number of aryl methyl sites for hydroxylation is 2. The lowest BCUT2D eigenvalue weighted by molar-refractivity contribution is 0.102. The lowest BCUT2D eigenvalue weighted by atomic mass is 10.1. The number of nitrogens with two attached hydrogens (primary N) is 1. The van der Waals surface area contributed by atoms with E-state index in [1.54, 1.807) is 18.2 Å². The molecule has 0 bridgehead atoms. The van der Waals surface area contributed by atoms with Crippen LogP contribution in [0.5, 0.6) is 0 Å². The van der Waals surface area contributed by atoms with Gasteiger partial charge in [-0.3, -0.25) is 4.79 Å². The predicted octanol–water partition coefficient (Wildman–Crippen LogP) is 3.90. The molecule has 0 spiro atoms. The molecule has 98 valence electrons. The Hall–Kier alpha value is -1.81. The van der Waals surface area contributed by atoms with Gasteiger partial charge in [0.15, 0.2) is 0 Å². The van der Waals surface area contributed by atoms with E-state index in [-0.39, 0.29) is 5.91 Å². The third kappa shape index (κ3) is 3.15. The first-order valence-electron chi connectivity index (χ1n) is 5.91. The lowest BCUT2D eigenvalue weighted by Crippen LogP contribution is -2.12. The maximum Gasteiger partial charge on any atom is 0.256 e. The van der Waals surface area contributed by atoms with Crippen molar-refractivity contribution < 1.29 is 4.79 Å². The Bertz CT molecular complexity index is 638. The van der Waals surface area contributed by atoms with Crippen LogP contribution in [0.1, 0.15) is 21.5 Å². The number of anilines is 2. The summed E-state index contributed by atoms with van der Waals surface area (Å²) < 4.78 is 0.789. The van der Waals surface area contributed by atoms with Gasteiger partial charge in [-0.1, -0.05) is 6.07 Å². The molecule has 0 aliphatic carbocycles. The van der Waals surface area contributed by atoms with Gasteiger partial charge in [0.05, 0.1) is 5.56 Å². The Labute approximate surface area is 121 Å². The molecular weight excluding hydrogens is 304 g/mol. The van der Waals surface area contributed by atoms with Gasteiger partial charge in [0.2, 0.25) is 0 Å². The van der Waals surface area contributed by atoms with E-state index in [4.69, 9.17) is 5.73 Å². The molecule has 0 radical (unpaired) electrons. The Kier molecular flexibility index (Phi) is 3.90. The molecule has 2 rings (SSSR count). The van der Waals surface area contributed by atoms with Crippen molar-refractivity contribution in [2.75, 3.05) is 11.1 Å². The Morgan fingerprint density at radius 2 is 1.89 bits per heavy atom. The van der Waals surface area contributed by atoms with Crippen LogP contribution in [0.4, 0.5) is 11.4 Å². The van der Waals surface area contributed by atoms with Crippen molar-refractivity contribution in [2.24, 2.45) is 0 Å². The number of nitrogens with one attached hydrogen (secondary N) is 1. The highest BCUT2D eigenvalue weighted by Gasteiger charge is 2.10. The fraction of sp³-hybridized carbons (Fsp3) is 0.133. The van der Waals surface area contributed by atoms with E-state index >= 15 is 0 Å². The van der Waals surface area contributed by atoms with Gasteiger partial charge in [-0.2, -0.15) is 0 Å². The van der Waals surface area contributed by atoms with Crippen molar-refractivity contribution in [1.82, 2.24) is 0 Å². The molecule has 2 aromatic carbocycles. The van der Waals surface area contributed by atoms with Crippen molar-refractivity contribution in [3.05, 3.63) is 57.6 Å². The molecule has 3 nitrogen and oxygen atoms in total. The van der Waals surface area contributed by atoms with Gasteiger partial charge in [0.25, 0.3) is 5.91 Å². The van der Waals surface area contributed by atoms with E-state index in [1.165, 1.54) is 0 Å². The first kappa shape index (κ1) is 13.6. The first-order valence-corrected chi connectivity index (χ1v) is 6.70. The maximum absolute atomic E-state index is 12.2. The van der Waals surface area contributed by atoms with Crippen LogP contribution in [0.15, 0.2) is 40.9 Å². The van der Waals surface area contributed by atoms with Gasteiger partial charge in [0, 0.05) is 15.8 Å². The summed E-state index contributed by atoms with van der Waals surface area (Å²) in [6.45, 7) is 3.89. The summed E-state index contributed by atoms with van der Waals surface area (Å²) in [5.74, 6) is -0.143. The topological polar surface area (TPSA) is 55.1 Å². The van der Waals surface area contributed by atoms with Crippen LogP contribution in [0.2, 0.25) is 0 Å². The lowest BCUT2D eigenvalue weighted by Gasteiger charge is -2.09.